The zero-order valence-corrected chi connectivity index (χ0v) is 24.8. The van der Waals surface area contributed by atoms with E-state index in [1.807, 2.05) is 6.92 Å². The zero-order valence-electron chi connectivity index (χ0n) is 24.8. The molecule has 0 aromatic carbocycles. The highest BCUT2D eigenvalue weighted by Crippen LogP contribution is 2.65. The number of rotatable bonds is 11. The van der Waals surface area contributed by atoms with Crippen molar-refractivity contribution >= 4 is 29.8 Å². The van der Waals surface area contributed by atoms with Crippen molar-refractivity contribution in [3.8, 4) is 0 Å². The topological polar surface area (TPSA) is 145 Å². The Balaban J connectivity index is 2.24. The molecule has 2 aliphatic carbocycles. The molecule has 0 N–H and O–H groups in total. The number of carbonyl (C=O) groups excluding carboxylic acids is 5. The van der Waals surface area contributed by atoms with E-state index in [9.17, 15) is 24.0 Å². The van der Waals surface area contributed by atoms with Gasteiger partial charge in [0.15, 0.2) is 0 Å². The number of esters is 5. The molecular weight excluding hydrogens is 536 g/mol. The molecule has 2 fully saturated rings. The molecule has 0 radical (unpaired) electrons. The molecule has 1 aromatic heterocycles. The SMILES string of the molecule is CC(=O)OCC1CCCC2C(COC(C)=O)(CC(OC(C)=O)c3ccoc3)C(C)CC(OC(C)=O)C12COC(C)=O. The molecule has 2 saturated carbocycles. The van der Waals surface area contributed by atoms with E-state index in [-0.39, 0.29) is 44.0 Å². The van der Waals surface area contributed by atoms with Crippen molar-refractivity contribution in [1.82, 2.24) is 0 Å². The predicted octanol–water partition coefficient (Wildman–Crippen LogP) is 4.32. The minimum absolute atomic E-state index is 0.00131. The molecule has 0 spiro atoms. The van der Waals surface area contributed by atoms with Crippen LogP contribution in [0.4, 0.5) is 0 Å². The Morgan fingerprint density at radius 3 is 2.12 bits per heavy atom. The fraction of sp³-hybridized carbons (Fsp3) is 0.700. The van der Waals surface area contributed by atoms with Crippen molar-refractivity contribution in [2.75, 3.05) is 19.8 Å². The molecular formula is C30H42O11. The highest BCUT2D eigenvalue weighted by atomic mass is 16.6. The van der Waals surface area contributed by atoms with Crippen LogP contribution in [0.15, 0.2) is 23.0 Å². The Bertz CT molecular complexity index is 1100. The summed E-state index contributed by atoms with van der Waals surface area (Å²) >= 11 is 0. The average Bonchev–Trinajstić information content (AvgIpc) is 3.41. The first-order valence-corrected chi connectivity index (χ1v) is 14.1. The summed E-state index contributed by atoms with van der Waals surface area (Å²) in [6, 6.07) is 1.72. The van der Waals surface area contributed by atoms with Gasteiger partial charge in [0.1, 0.15) is 18.8 Å². The first-order chi connectivity index (χ1) is 19.3. The van der Waals surface area contributed by atoms with Crippen molar-refractivity contribution < 1.29 is 52.1 Å². The summed E-state index contributed by atoms with van der Waals surface area (Å²) in [5.41, 5.74) is -1.14. The molecule has 11 heteroatoms. The molecule has 7 unspecified atom stereocenters. The van der Waals surface area contributed by atoms with Gasteiger partial charge in [-0.3, -0.25) is 24.0 Å². The van der Waals surface area contributed by atoms with Crippen LogP contribution in [-0.4, -0.2) is 55.8 Å². The van der Waals surface area contributed by atoms with Gasteiger partial charge < -0.3 is 28.1 Å². The van der Waals surface area contributed by atoms with E-state index >= 15 is 0 Å². The van der Waals surface area contributed by atoms with Crippen LogP contribution < -0.4 is 0 Å². The number of furan rings is 1. The van der Waals surface area contributed by atoms with E-state index in [2.05, 4.69) is 0 Å². The van der Waals surface area contributed by atoms with E-state index in [0.717, 1.165) is 6.42 Å². The van der Waals surface area contributed by atoms with E-state index in [0.29, 0.717) is 24.8 Å². The second kappa shape index (κ2) is 13.5. The normalized spacial score (nSPS) is 29.8. The second-order valence-electron chi connectivity index (χ2n) is 11.5. The molecule has 1 heterocycles. The lowest BCUT2D eigenvalue weighted by molar-refractivity contribution is -0.246. The van der Waals surface area contributed by atoms with Crippen LogP contribution in [0.5, 0.6) is 0 Å². The maximum absolute atomic E-state index is 12.4. The summed E-state index contributed by atoms with van der Waals surface area (Å²) < 4.78 is 34.1. The summed E-state index contributed by atoms with van der Waals surface area (Å²) in [5, 5.41) is 0. The van der Waals surface area contributed by atoms with Crippen LogP contribution in [0.1, 0.15) is 85.3 Å². The van der Waals surface area contributed by atoms with Gasteiger partial charge in [-0.15, -0.1) is 0 Å². The Labute approximate surface area is 240 Å². The van der Waals surface area contributed by atoms with Crippen molar-refractivity contribution in [2.24, 2.45) is 28.6 Å². The van der Waals surface area contributed by atoms with Crippen molar-refractivity contribution in [2.45, 2.75) is 85.9 Å². The van der Waals surface area contributed by atoms with Gasteiger partial charge in [0.2, 0.25) is 0 Å². The van der Waals surface area contributed by atoms with E-state index in [1.54, 1.807) is 6.07 Å². The smallest absolute Gasteiger partial charge is 0.303 e. The quantitative estimate of drug-likeness (QED) is 0.273. The maximum atomic E-state index is 12.4. The number of carbonyl (C=O) groups is 5. The zero-order chi connectivity index (χ0) is 30.4. The van der Waals surface area contributed by atoms with Crippen molar-refractivity contribution in [3.63, 3.8) is 0 Å². The largest absolute Gasteiger partial charge is 0.472 e. The lowest BCUT2D eigenvalue weighted by atomic mass is 9.42. The number of fused-ring (bicyclic) bond motifs is 1. The van der Waals surface area contributed by atoms with E-state index < -0.39 is 52.9 Å². The Kier molecular flexibility index (Phi) is 10.6. The second-order valence-corrected chi connectivity index (χ2v) is 11.5. The minimum atomic E-state index is -0.977. The van der Waals surface area contributed by atoms with Gasteiger partial charge in [0.05, 0.1) is 31.2 Å². The molecule has 0 saturated heterocycles. The monoisotopic (exact) mass is 578 g/mol. The van der Waals surface area contributed by atoms with Gasteiger partial charge >= 0.3 is 29.8 Å². The van der Waals surface area contributed by atoms with Crippen LogP contribution in [0.25, 0.3) is 0 Å². The lowest BCUT2D eigenvalue weighted by Gasteiger charge is -2.64. The Morgan fingerprint density at radius 2 is 1.56 bits per heavy atom. The average molecular weight is 579 g/mol. The summed E-state index contributed by atoms with van der Waals surface area (Å²) in [4.78, 5) is 61.0. The van der Waals surface area contributed by atoms with Gasteiger partial charge in [-0.25, -0.2) is 0 Å². The Hall–Kier alpha value is -3.37. The summed E-state index contributed by atoms with van der Waals surface area (Å²) in [6.45, 7) is 8.58. The van der Waals surface area contributed by atoms with Crippen LogP contribution in [-0.2, 0) is 47.7 Å². The number of hydrogen-bond acceptors (Lipinski definition) is 11. The molecule has 228 valence electrons. The van der Waals surface area contributed by atoms with E-state index in [4.69, 9.17) is 28.1 Å². The predicted molar refractivity (Wildman–Crippen MR) is 143 cm³/mol. The van der Waals surface area contributed by atoms with Crippen LogP contribution >= 0.6 is 0 Å². The standard InChI is InChI=1S/C30H42O11/c1-18-12-28(41-23(6)35)30(17-39-21(4)33)25(15-37-19(2)31)8-7-9-27(30)29(18,16-38-20(3)32)13-26(40-22(5)34)24-10-11-36-14-24/h10-11,14,18,25-28H,7-9,12-13,15-17H2,1-6H3. The molecule has 0 bridgehead atoms. The molecule has 41 heavy (non-hydrogen) atoms. The third-order valence-corrected chi connectivity index (χ3v) is 8.95. The van der Waals surface area contributed by atoms with Crippen LogP contribution in [0.3, 0.4) is 0 Å². The molecule has 11 nitrogen and oxygen atoms in total. The van der Waals surface area contributed by atoms with Gasteiger partial charge in [-0.05, 0) is 43.6 Å². The van der Waals surface area contributed by atoms with Gasteiger partial charge in [0, 0.05) is 51.5 Å². The third-order valence-electron chi connectivity index (χ3n) is 8.95. The molecule has 3 rings (SSSR count). The number of ether oxygens (including phenoxy) is 5. The van der Waals surface area contributed by atoms with Gasteiger partial charge in [0.25, 0.3) is 0 Å². The summed E-state index contributed by atoms with van der Waals surface area (Å²) in [6.07, 6.45) is 4.22. The van der Waals surface area contributed by atoms with Gasteiger partial charge in [-0.1, -0.05) is 13.3 Å². The molecule has 0 aliphatic heterocycles. The first-order valence-electron chi connectivity index (χ1n) is 14.1. The minimum Gasteiger partial charge on any atom is -0.472 e. The molecule has 2 aliphatic rings. The van der Waals surface area contributed by atoms with Crippen molar-refractivity contribution in [1.29, 1.82) is 0 Å². The molecule has 7 atom stereocenters. The number of hydrogen-bond donors (Lipinski definition) is 0. The third kappa shape index (κ3) is 7.29. The highest BCUT2D eigenvalue weighted by Gasteiger charge is 2.67. The van der Waals surface area contributed by atoms with Gasteiger partial charge in [-0.2, -0.15) is 0 Å². The first kappa shape index (κ1) is 32.1. The molecule has 1 aromatic rings. The highest BCUT2D eigenvalue weighted by molar-refractivity contribution is 5.68. The molecule has 0 amide bonds. The fourth-order valence-electron chi connectivity index (χ4n) is 7.28. The fourth-order valence-corrected chi connectivity index (χ4v) is 7.28. The van der Waals surface area contributed by atoms with Crippen LogP contribution in [0.2, 0.25) is 0 Å². The lowest BCUT2D eigenvalue weighted by Crippen LogP contribution is -2.66. The van der Waals surface area contributed by atoms with E-state index in [1.165, 1.54) is 47.1 Å². The Morgan fingerprint density at radius 1 is 0.902 bits per heavy atom. The maximum Gasteiger partial charge on any atom is 0.303 e. The van der Waals surface area contributed by atoms with Crippen molar-refractivity contribution in [3.05, 3.63) is 24.2 Å². The summed E-state index contributed by atoms with van der Waals surface area (Å²) in [7, 11) is 0. The van der Waals surface area contributed by atoms with Crippen LogP contribution in [0, 0.1) is 28.6 Å². The summed E-state index contributed by atoms with van der Waals surface area (Å²) in [5.74, 6) is -3.27.